The highest BCUT2D eigenvalue weighted by molar-refractivity contribution is 9.10. The average Bonchev–Trinajstić information content (AvgIpc) is 2.45. The van der Waals surface area contributed by atoms with E-state index in [0.717, 1.165) is 16.6 Å². The number of benzene rings is 2. The maximum Gasteiger partial charge on any atom is 0.170 e. The van der Waals surface area contributed by atoms with E-state index in [9.17, 15) is 13.6 Å². The largest absolute Gasteiger partial charge is 0.493 e. The predicted molar refractivity (Wildman–Crippen MR) is 79.7 cm³/mol. The number of Topliss-reactive ketones (excluding diaryl/α,β-unsaturated/α-hetero) is 1. The van der Waals surface area contributed by atoms with Gasteiger partial charge in [-0.05, 0) is 42.8 Å². The summed E-state index contributed by atoms with van der Waals surface area (Å²) in [7, 11) is 0. The van der Waals surface area contributed by atoms with E-state index < -0.39 is 11.6 Å². The first kappa shape index (κ1) is 15.6. The van der Waals surface area contributed by atoms with Gasteiger partial charge in [0.25, 0.3) is 0 Å². The molecule has 0 aliphatic carbocycles. The first-order valence-electron chi connectivity index (χ1n) is 6.40. The molecule has 0 saturated heterocycles. The number of ether oxygens (including phenoxy) is 1. The average molecular weight is 355 g/mol. The van der Waals surface area contributed by atoms with E-state index in [1.807, 2.05) is 6.92 Å². The summed E-state index contributed by atoms with van der Waals surface area (Å²) in [6.07, 6.45) is -0.0201. The molecule has 0 heterocycles. The SMILES string of the molecule is CCOc1ccc(Br)cc1C(=O)Cc1ccc(F)c(F)c1. The minimum Gasteiger partial charge on any atom is -0.493 e. The third-order valence-electron chi connectivity index (χ3n) is 2.89. The fraction of sp³-hybridized carbons (Fsp3) is 0.188. The van der Waals surface area contributed by atoms with Crippen LogP contribution in [0.25, 0.3) is 0 Å². The highest BCUT2D eigenvalue weighted by Gasteiger charge is 2.15. The molecule has 2 aromatic rings. The Kier molecular flexibility index (Phi) is 5.07. The summed E-state index contributed by atoms with van der Waals surface area (Å²) in [6.45, 7) is 2.26. The van der Waals surface area contributed by atoms with E-state index in [0.29, 0.717) is 23.5 Å². The van der Waals surface area contributed by atoms with Crippen molar-refractivity contribution in [2.24, 2.45) is 0 Å². The van der Waals surface area contributed by atoms with Gasteiger partial charge in [-0.1, -0.05) is 22.0 Å². The molecule has 0 amide bonds. The van der Waals surface area contributed by atoms with Crippen LogP contribution in [0.5, 0.6) is 5.75 Å². The van der Waals surface area contributed by atoms with E-state index in [4.69, 9.17) is 4.74 Å². The van der Waals surface area contributed by atoms with E-state index in [1.54, 1.807) is 18.2 Å². The zero-order valence-corrected chi connectivity index (χ0v) is 12.9. The van der Waals surface area contributed by atoms with Crippen molar-refractivity contribution in [2.45, 2.75) is 13.3 Å². The summed E-state index contributed by atoms with van der Waals surface area (Å²) in [6, 6.07) is 8.58. The first-order valence-corrected chi connectivity index (χ1v) is 7.20. The van der Waals surface area contributed by atoms with Crippen LogP contribution >= 0.6 is 15.9 Å². The first-order chi connectivity index (χ1) is 10.0. The molecule has 0 radical (unpaired) electrons. The summed E-state index contributed by atoms with van der Waals surface area (Å²) >= 11 is 3.30. The molecule has 2 nitrogen and oxygen atoms in total. The van der Waals surface area contributed by atoms with Crippen molar-refractivity contribution < 1.29 is 18.3 Å². The fourth-order valence-corrected chi connectivity index (χ4v) is 2.29. The van der Waals surface area contributed by atoms with Crippen LogP contribution in [0, 0.1) is 11.6 Å². The highest BCUT2D eigenvalue weighted by Crippen LogP contribution is 2.25. The number of rotatable bonds is 5. The Labute approximate surface area is 129 Å². The van der Waals surface area contributed by atoms with Crippen LogP contribution in [-0.2, 0) is 6.42 Å². The molecule has 0 fully saturated rings. The van der Waals surface area contributed by atoms with Gasteiger partial charge in [-0.15, -0.1) is 0 Å². The second-order valence-electron chi connectivity index (χ2n) is 4.42. The standard InChI is InChI=1S/C16H13BrF2O2/c1-2-21-16-6-4-11(17)9-12(16)15(20)8-10-3-5-13(18)14(19)7-10/h3-7,9H,2,8H2,1H3. The van der Waals surface area contributed by atoms with Gasteiger partial charge < -0.3 is 4.74 Å². The fourth-order valence-electron chi connectivity index (χ4n) is 1.93. The molecule has 21 heavy (non-hydrogen) atoms. The monoisotopic (exact) mass is 354 g/mol. The van der Waals surface area contributed by atoms with Gasteiger partial charge in [0.15, 0.2) is 17.4 Å². The Morgan fingerprint density at radius 1 is 1.14 bits per heavy atom. The molecular formula is C16H13BrF2O2. The Morgan fingerprint density at radius 2 is 1.90 bits per heavy atom. The smallest absolute Gasteiger partial charge is 0.170 e. The summed E-state index contributed by atoms with van der Waals surface area (Å²) in [5.74, 6) is -1.62. The maximum atomic E-state index is 13.2. The van der Waals surface area contributed by atoms with Crippen LogP contribution in [0.1, 0.15) is 22.8 Å². The van der Waals surface area contributed by atoms with E-state index in [-0.39, 0.29) is 12.2 Å². The van der Waals surface area contributed by atoms with Crippen LogP contribution in [-0.4, -0.2) is 12.4 Å². The van der Waals surface area contributed by atoms with Crippen LogP contribution in [0.2, 0.25) is 0 Å². The second kappa shape index (κ2) is 6.80. The molecule has 5 heteroatoms. The normalized spacial score (nSPS) is 10.5. The van der Waals surface area contributed by atoms with Crippen molar-refractivity contribution in [1.82, 2.24) is 0 Å². The number of hydrogen-bond donors (Lipinski definition) is 0. The maximum absolute atomic E-state index is 13.2. The molecule has 110 valence electrons. The summed E-state index contributed by atoms with van der Waals surface area (Å²) in [4.78, 5) is 12.3. The summed E-state index contributed by atoms with van der Waals surface area (Å²) in [5.41, 5.74) is 0.831. The van der Waals surface area contributed by atoms with E-state index >= 15 is 0 Å². The van der Waals surface area contributed by atoms with Gasteiger partial charge in [0.05, 0.1) is 12.2 Å². The number of carbonyl (C=O) groups is 1. The number of hydrogen-bond acceptors (Lipinski definition) is 2. The lowest BCUT2D eigenvalue weighted by Gasteiger charge is -2.10. The lowest BCUT2D eigenvalue weighted by molar-refractivity contribution is 0.0989. The molecule has 0 saturated carbocycles. The summed E-state index contributed by atoms with van der Waals surface area (Å²) < 4.78 is 32.2. The van der Waals surface area contributed by atoms with Gasteiger partial charge in [-0.25, -0.2) is 8.78 Å². The Hall–Kier alpha value is -1.75. The van der Waals surface area contributed by atoms with Crippen LogP contribution < -0.4 is 4.74 Å². The van der Waals surface area contributed by atoms with Crippen molar-refractivity contribution in [2.75, 3.05) is 6.61 Å². The van der Waals surface area contributed by atoms with Gasteiger partial charge in [-0.2, -0.15) is 0 Å². The van der Waals surface area contributed by atoms with E-state index in [2.05, 4.69) is 15.9 Å². The predicted octanol–water partition coefficient (Wildman–Crippen LogP) is 4.55. The number of ketones is 1. The lowest BCUT2D eigenvalue weighted by Crippen LogP contribution is -2.07. The molecule has 0 spiro atoms. The zero-order chi connectivity index (χ0) is 15.4. The second-order valence-corrected chi connectivity index (χ2v) is 5.34. The molecular weight excluding hydrogens is 342 g/mol. The van der Waals surface area contributed by atoms with Gasteiger partial charge >= 0.3 is 0 Å². The van der Waals surface area contributed by atoms with Crippen molar-refractivity contribution >= 4 is 21.7 Å². The molecule has 0 bridgehead atoms. The summed E-state index contributed by atoms with van der Waals surface area (Å²) in [5, 5.41) is 0. The molecule has 2 rings (SSSR count). The Morgan fingerprint density at radius 3 is 2.57 bits per heavy atom. The minimum atomic E-state index is -0.959. The van der Waals surface area contributed by atoms with Gasteiger partial charge in [0.2, 0.25) is 0 Å². The molecule has 0 aliphatic rings. The molecule has 2 aromatic carbocycles. The molecule has 0 N–H and O–H groups in total. The Balaban J connectivity index is 2.27. The molecule has 0 atom stereocenters. The zero-order valence-electron chi connectivity index (χ0n) is 11.3. The van der Waals surface area contributed by atoms with Gasteiger partial charge in [0, 0.05) is 10.9 Å². The van der Waals surface area contributed by atoms with Crippen molar-refractivity contribution in [3.8, 4) is 5.75 Å². The van der Waals surface area contributed by atoms with Crippen molar-refractivity contribution in [1.29, 1.82) is 0 Å². The number of carbonyl (C=O) groups excluding carboxylic acids is 1. The quantitative estimate of drug-likeness (QED) is 0.736. The van der Waals surface area contributed by atoms with Crippen LogP contribution in [0.3, 0.4) is 0 Å². The molecule has 0 aliphatic heterocycles. The molecule has 0 aromatic heterocycles. The minimum absolute atomic E-state index is 0.0201. The van der Waals surface area contributed by atoms with Crippen molar-refractivity contribution in [3.63, 3.8) is 0 Å². The Bertz CT molecular complexity index is 671. The molecule has 0 unspecified atom stereocenters. The highest BCUT2D eigenvalue weighted by atomic mass is 79.9. The van der Waals surface area contributed by atoms with Crippen LogP contribution in [0.15, 0.2) is 40.9 Å². The third-order valence-corrected chi connectivity index (χ3v) is 3.38. The third kappa shape index (κ3) is 3.88. The lowest BCUT2D eigenvalue weighted by atomic mass is 10.0. The van der Waals surface area contributed by atoms with Crippen molar-refractivity contribution in [3.05, 3.63) is 63.6 Å². The van der Waals surface area contributed by atoms with E-state index in [1.165, 1.54) is 6.07 Å². The van der Waals surface area contributed by atoms with Gasteiger partial charge in [0.1, 0.15) is 5.75 Å². The van der Waals surface area contributed by atoms with Crippen LogP contribution in [0.4, 0.5) is 8.78 Å². The number of halogens is 3. The van der Waals surface area contributed by atoms with Gasteiger partial charge in [-0.3, -0.25) is 4.79 Å². The topological polar surface area (TPSA) is 26.3 Å².